The highest BCUT2D eigenvalue weighted by Gasteiger charge is 2.09. The number of rotatable bonds is 3. The van der Waals surface area contributed by atoms with Gasteiger partial charge in [-0.3, -0.25) is 9.78 Å². The van der Waals surface area contributed by atoms with Crippen molar-refractivity contribution in [2.24, 2.45) is 0 Å². The Bertz CT molecular complexity index is 628. The van der Waals surface area contributed by atoms with E-state index in [1.54, 1.807) is 0 Å². The summed E-state index contributed by atoms with van der Waals surface area (Å²) in [6.45, 7) is 0. The molecule has 2 rings (SSSR count). The van der Waals surface area contributed by atoms with Gasteiger partial charge in [-0.15, -0.1) is 0 Å². The van der Waals surface area contributed by atoms with E-state index in [1.807, 2.05) is 0 Å². The highest BCUT2D eigenvalue weighted by Crippen LogP contribution is 2.11. The van der Waals surface area contributed by atoms with E-state index in [-0.39, 0.29) is 16.9 Å². The summed E-state index contributed by atoms with van der Waals surface area (Å²) in [4.78, 5) is 30.2. The number of nitrogens with one attached hydrogen (secondary N) is 1. The molecule has 0 aromatic carbocycles. The summed E-state index contributed by atoms with van der Waals surface area (Å²) < 4.78 is 0. The molecule has 0 saturated carbocycles. The molecule has 1 amide bonds. The van der Waals surface area contributed by atoms with Gasteiger partial charge in [0.15, 0.2) is 0 Å². The standard InChI is InChI=1S/C12H8ClN3O3/c13-8-1-2-10(15-5-8)11(17)16-9-3-7(12(18)19)4-14-6-9/h1-6H,(H,16,17)(H,18,19). The van der Waals surface area contributed by atoms with Crippen LogP contribution in [0.4, 0.5) is 5.69 Å². The Labute approximate surface area is 113 Å². The number of aromatic nitrogens is 2. The largest absolute Gasteiger partial charge is 0.478 e. The fourth-order valence-electron chi connectivity index (χ4n) is 1.33. The fourth-order valence-corrected chi connectivity index (χ4v) is 1.44. The van der Waals surface area contributed by atoms with Crippen LogP contribution in [0.15, 0.2) is 36.8 Å². The van der Waals surface area contributed by atoms with Crippen LogP contribution >= 0.6 is 11.6 Å². The average molecular weight is 278 g/mol. The molecule has 0 aliphatic heterocycles. The maximum atomic E-state index is 11.8. The molecule has 0 spiro atoms. The molecule has 0 radical (unpaired) electrons. The number of carbonyl (C=O) groups excluding carboxylic acids is 1. The maximum absolute atomic E-state index is 11.8. The van der Waals surface area contributed by atoms with Crippen molar-refractivity contribution < 1.29 is 14.7 Å². The number of pyridine rings is 2. The van der Waals surface area contributed by atoms with Crippen LogP contribution in [0.3, 0.4) is 0 Å². The molecule has 2 aromatic rings. The monoisotopic (exact) mass is 277 g/mol. The van der Waals surface area contributed by atoms with Crippen LogP contribution in [0, 0.1) is 0 Å². The van der Waals surface area contributed by atoms with E-state index in [0.29, 0.717) is 5.02 Å². The van der Waals surface area contributed by atoms with E-state index in [9.17, 15) is 9.59 Å². The number of nitrogens with zero attached hydrogens (tertiary/aromatic N) is 2. The Kier molecular flexibility index (Phi) is 3.72. The van der Waals surface area contributed by atoms with Crippen molar-refractivity contribution in [2.45, 2.75) is 0 Å². The van der Waals surface area contributed by atoms with Crippen molar-refractivity contribution in [1.82, 2.24) is 9.97 Å². The number of hydrogen-bond acceptors (Lipinski definition) is 4. The highest BCUT2D eigenvalue weighted by molar-refractivity contribution is 6.30. The van der Waals surface area contributed by atoms with Crippen LogP contribution in [0.2, 0.25) is 5.02 Å². The summed E-state index contributed by atoms with van der Waals surface area (Å²) in [6, 6.07) is 4.31. The minimum Gasteiger partial charge on any atom is -0.478 e. The molecular formula is C12H8ClN3O3. The third-order valence-corrected chi connectivity index (χ3v) is 2.43. The van der Waals surface area contributed by atoms with Crippen LogP contribution in [-0.2, 0) is 0 Å². The van der Waals surface area contributed by atoms with Crippen molar-refractivity contribution in [3.8, 4) is 0 Å². The lowest BCUT2D eigenvalue weighted by Crippen LogP contribution is -2.14. The smallest absolute Gasteiger partial charge is 0.337 e. The van der Waals surface area contributed by atoms with Crippen molar-refractivity contribution in [2.75, 3.05) is 5.32 Å². The van der Waals surface area contributed by atoms with Gasteiger partial charge in [-0.05, 0) is 18.2 Å². The molecule has 6 nitrogen and oxygen atoms in total. The second-order valence-electron chi connectivity index (χ2n) is 3.58. The van der Waals surface area contributed by atoms with Gasteiger partial charge in [-0.1, -0.05) is 11.6 Å². The second kappa shape index (κ2) is 5.45. The number of amides is 1. The minimum atomic E-state index is -1.12. The molecule has 0 aliphatic rings. The van der Waals surface area contributed by atoms with Crippen molar-refractivity contribution >= 4 is 29.2 Å². The quantitative estimate of drug-likeness (QED) is 0.896. The Balaban J connectivity index is 2.17. The molecule has 0 atom stereocenters. The summed E-state index contributed by atoms with van der Waals surface area (Å²) in [5.74, 6) is -1.59. The van der Waals surface area contributed by atoms with Crippen molar-refractivity contribution in [1.29, 1.82) is 0 Å². The van der Waals surface area contributed by atoms with E-state index in [0.717, 1.165) is 0 Å². The summed E-state index contributed by atoms with van der Waals surface area (Å²) in [6.07, 6.45) is 3.89. The maximum Gasteiger partial charge on any atom is 0.337 e. The van der Waals surface area contributed by atoms with E-state index in [2.05, 4.69) is 15.3 Å². The molecular weight excluding hydrogens is 270 g/mol. The fraction of sp³-hybridized carbons (Fsp3) is 0. The van der Waals surface area contributed by atoms with Gasteiger partial charge < -0.3 is 10.4 Å². The molecule has 96 valence electrons. The zero-order valence-electron chi connectivity index (χ0n) is 9.50. The first-order chi connectivity index (χ1) is 9.06. The van der Waals surface area contributed by atoms with Crippen LogP contribution in [0.1, 0.15) is 20.8 Å². The predicted octanol–water partition coefficient (Wildman–Crippen LogP) is 2.08. The topological polar surface area (TPSA) is 92.2 Å². The number of halogens is 1. The zero-order valence-corrected chi connectivity index (χ0v) is 10.3. The minimum absolute atomic E-state index is 0.0122. The Morgan fingerprint density at radius 1 is 1.21 bits per heavy atom. The Morgan fingerprint density at radius 2 is 2.00 bits per heavy atom. The zero-order chi connectivity index (χ0) is 13.8. The third-order valence-electron chi connectivity index (χ3n) is 2.20. The molecule has 2 N–H and O–H groups in total. The van der Waals surface area contributed by atoms with Gasteiger partial charge >= 0.3 is 5.97 Å². The van der Waals surface area contributed by atoms with Crippen LogP contribution in [-0.4, -0.2) is 27.0 Å². The molecule has 0 saturated heterocycles. The number of carboxylic acid groups (broad SMARTS) is 1. The predicted molar refractivity (Wildman–Crippen MR) is 68.4 cm³/mol. The summed E-state index contributed by atoms with van der Waals surface area (Å²) in [5.41, 5.74) is 0.439. The average Bonchev–Trinajstić information content (AvgIpc) is 2.39. The van der Waals surface area contributed by atoms with Crippen molar-refractivity contribution in [3.05, 3.63) is 53.1 Å². The van der Waals surface area contributed by atoms with E-state index in [1.165, 1.54) is 36.8 Å². The van der Waals surface area contributed by atoms with Gasteiger partial charge in [0.05, 0.1) is 22.5 Å². The van der Waals surface area contributed by atoms with Gasteiger partial charge in [0.1, 0.15) is 5.69 Å². The molecule has 0 unspecified atom stereocenters. The number of aromatic carboxylic acids is 1. The van der Waals surface area contributed by atoms with Crippen LogP contribution in [0.5, 0.6) is 0 Å². The Morgan fingerprint density at radius 3 is 2.63 bits per heavy atom. The van der Waals surface area contributed by atoms with Crippen LogP contribution < -0.4 is 5.32 Å². The summed E-state index contributed by atoms with van der Waals surface area (Å²) in [5, 5.41) is 11.7. The summed E-state index contributed by atoms with van der Waals surface area (Å²) >= 11 is 5.66. The molecule has 0 bridgehead atoms. The lowest BCUT2D eigenvalue weighted by atomic mass is 10.2. The summed E-state index contributed by atoms with van der Waals surface area (Å²) in [7, 11) is 0. The van der Waals surface area contributed by atoms with Gasteiger partial charge in [0.2, 0.25) is 0 Å². The molecule has 0 aliphatic carbocycles. The van der Waals surface area contributed by atoms with Gasteiger partial charge in [0.25, 0.3) is 5.91 Å². The lowest BCUT2D eigenvalue weighted by Gasteiger charge is -2.04. The van der Waals surface area contributed by atoms with Gasteiger partial charge in [-0.25, -0.2) is 9.78 Å². The first-order valence-electron chi connectivity index (χ1n) is 5.17. The third kappa shape index (κ3) is 3.26. The van der Waals surface area contributed by atoms with Gasteiger partial charge in [0, 0.05) is 12.4 Å². The number of hydrogen-bond donors (Lipinski definition) is 2. The van der Waals surface area contributed by atoms with E-state index >= 15 is 0 Å². The van der Waals surface area contributed by atoms with Gasteiger partial charge in [-0.2, -0.15) is 0 Å². The van der Waals surface area contributed by atoms with E-state index in [4.69, 9.17) is 16.7 Å². The first-order valence-corrected chi connectivity index (χ1v) is 5.55. The second-order valence-corrected chi connectivity index (χ2v) is 4.02. The van der Waals surface area contributed by atoms with Crippen molar-refractivity contribution in [3.63, 3.8) is 0 Å². The SMILES string of the molecule is O=C(O)c1cncc(NC(=O)c2ccc(Cl)cn2)c1. The molecule has 2 aromatic heterocycles. The number of anilines is 1. The molecule has 7 heteroatoms. The number of carbonyl (C=O) groups is 2. The highest BCUT2D eigenvalue weighted by atomic mass is 35.5. The van der Waals surface area contributed by atoms with Crippen LogP contribution in [0.25, 0.3) is 0 Å². The molecule has 2 heterocycles. The lowest BCUT2D eigenvalue weighted by molar-refractivity contribution is 0.0696. The number of carboxylic acids is 1. The molecule has 19 heavy (non-hydrogen) atoms. The normalized spacial score (nSPS) is 9.95. The Hall–Kier alpha value is -2.47. The first kappa shape index (κ1) is 13.0. The molecule has 0 fully saturated rings. The van der Waals surface area contributed by atoms with E-state index < -0.39 is 11.9 Å².